The van der Waals surface area contributed by atoms with Crippen LogP contribution in [0.1, 0.15) is 49.9 Å². The number of rotatable bonds is 5. The van der Waals surface area contributed by atoms with E-state index in [1.54, 1.807) is 12.4 Å². The lowest BCUT2D eigenvalue weighted by molar-refractivity contribution is 0.0699. The Morgan fingerprint density at radius 3 is 2.63 bits per heavy atom. The summed E-state index contributed by atoms with van der Waals surface area (Å²) in [5.74, 6) is 1.35. The SMILES string of the molecule is Cc1ncc(NCC2CCOCC2)nc1-c1cc(C2(N)CCC(N)CC2)ncc1Cl. The zero-order chi connectivity index (χ0) is 21.1. The van der Waals surface area contributed by atoms with E-state index in [-0.39, 0.29) is 6.04 Å². The molecule has 5 N–H and O–H groups in total. The van der Waals surface area contributed by atoms with Crippen LogP contribution >= 0.6 is 11.6 Å². The summed E-state index contributed by atoms with van der Waals surface area (Å²) in [5, 5.41) is 3.98. The lowest BCUT2D eigenvalue weighted by atomic mass is 9.77. The average molecular weight is 431 g/mol. The summed E-state index contributed by atoms with van der Waals surface area (Å²) in [7, 11) is 0. The molecule has 0 amide bonds. The number of nitrogens with one attached hydrogen (secondary N) is 1. The van der Waals surface area contributed by atoms with Crippen molar-refractivity contribution in [1.82, 2.24) is 15.0 Å². The van der Waals surface area contributed by atoms with Gasteiger partial charge in [-0.2, -0.15) is 0 Å². The summed E-state index contributed by atoms with van der Waals surface area (Å²) in [5.41, 5.74) is 15.6. The van der Waals surface area contributed by atoms with E-state index in [0.29, 0.717) is 10.9 Å². The number of hydrogen-bond acceptors (Lipinski definition) is 7. The number of aromatic nitrogens is 3. The largest absolute Gasteiger partial charge is 0.381 e. The van der Waals surface area contributed by atoms with E-state index in [9.17, 15) is 0 Å². The maximum Gasteiger partial charge on any atom is 0.145 e. The van der Waals surface area contributed by atoms with Crippen LogP contribution in [-0.2, 0) is 10.3 Å². The van der Waals surface area contributed by atoms with Crippen molar-refractivity contribution in [2.75, 3.05) is 25.1 Å². The summed E-state index contributed by atoms with van der Waals surface area (Å²) in [6, 6.07) is 2.21. The number of ether oxygens (including phenoxy) is 1. The molecule has 2 aromatic heterocycles. The molecule has 2 aliphatic rings. The number of halogens is 1. The van der Waals surface area contributed by atoms with E-state index < -0.39 is 5.54 Å². The number of pyridine rings is 1. The van der Waals surface area contributed by atoms with E-state index in [4.69, 9.17) is 32.8 Å². The first-order valence-electron chi connectivity index (χ1n) is 10.8. The molecule has 1 aliphatic heterocycles. The average Bonchev–Trinajstić information content (AvgIpc) is 2.76. The molecule has 3 heterocycles. The van der Waals surface area contributed by atoms with Crippen LogP contribution in [0.3, 0.4) is 0 Å². The van der Waals surface area contributed by atoms with Gasteiger partial charge in [-0.1, -0.05) is 11.6 Å². The molecule has 1 aliphatic carbocycles. The van der Waals surface area contributed by atoms with Gasteiger partial charge in [0.25, 0.3) is 0 Å². The van der Waals surface area contributed by atoms with Gasteiger partial charge in [-0.25, -0.2) is 4.98 Å². The summed E-state index contributed by atoms with van der Waals surface area (Å²) >= 11 is 6.54. The van der Waals surface area contributed by atoms with Crippen LogP contribution in [0.2, 0.25) is 5.02 Å². The molecule has 2 aromatic rings. The summed E-state index contributed by atoms with van der Waals surface area (Å²) in [4.78, 5) is 13.9. The summed E-state index contributed by atoms with van der Waals surface area (Å²) in [6.45, 7) is 4.47. The highest BCUT2D eigenvalue weighted by Gasteiger charge is 2.34. The summed E-state index contributed by atoms with van der Waals surface area (Å²) in [6.07, 6.45) is 9.04. The molecule has 0 radical (unpaired) electrons. The number of aryl methyl sites for hydroxylation is 1. The number of nitrogens with zero attached hydrogens (tertiary/aromatic N) is 3. The molecule has 162 valence electrons. The van der Waals surface area contributed by atoms with Crippen LogP contribution in [-0.4, -0.2) is 40.8 Å². The van der Waals surface area contributed by atoms with Crippen molar-refractivity contribution < 1.29 is 4.74 Å². The number of hydrogen-bond donors (Lipinski definition) is 3. The van der Waals surface area contributed by atoms with Crippen molar-refractivity contribution in [1.29, 1.82) is 0 Å². The van der Waals surface area contributed by atoms with Gasteiger partial charge in [0.1, 0.15) is 5.82 Å². The van der Waals surface area contributed by atoms with E-state index >= 15 is 0 Å². The van der Waals surface area contributed by atoms with Gasteiger partial charge < -0.3 is 21.5 Å². The topological polar surface area (TPSA) is 112 Å². The minimum absolute atomic E-state index is 0.222. The van der Waals surface area contributed by atoms with Crippen molar-refractivity contribution in [3.63, 3.8) is 0 Å². The molecular formula is C22H31ClN6O. The molecule has 2 fully saturated rings. The van der Waals surface area contributed by atoms with Gasteiger partial charge >= 0.3 is 0 Å². The van der Waals surface area contributed by atoms with Crippen LogP contribution in [0.5, 0.6) is 0 Å². The van der Waals surface area contributed by atoms with E-state index in [1.165, 1.54) is 0 Å². The molecule has 0 atom stereocenters. The first-order chi connectivity index (χ1) is 14.4. The zero-order valence-electron chi connectivity index (χ0n) is 17.5. The lowest BCUT2D eigenvalue weighted by Crippen LogP contribution is -2.44. The molecule has 0 bridgehead atoms. The fraction of sp³-hybridized carbons (Fsp3) is 0.591. The molecule has 1 saturated carbocycles. The normalized spacial score (nSPS) is 25.3. The van der Waals surface area contributed by atoms with Crippen LogP contribution in [0, 0.1) is 12.8 Å². The third-order valence-electron chi connectivity index (χ3n) is 6.41. The molecule has 30 heavy (non-hydrogen) atoms. The maximum absolute atomic E-state index is 6.72. The third kappa shape index (κ3) is 4.75. The van der Waals surface area contributed by atoms with Gasteiger partial charge in [-0.05, 0) is 57.4 Å². The highest BCUT2D eigenvalue weighted by molar-refractivity contribution is 6.33. The van der Waals surface area contributed by atoms with Gasteiger partial charge in [0.05, 0.1) is 33.8 Å². The Morgan fingerprint density at radius 1 is 1.17 bits per heavy atom. The Hall–Kier alpha value is -1.80. The Kier molecular flexibility index (Phi) is 6.53. The standard InChI is InChI=1S/C22H31ClN6O/c1-14-21(29-20(13-26-14)28-11-15-4-8-30-9-5-15)17-10-19(27-12-18(17)23)22(25)6-2-16(24)3-7-22/h10,12-13,15-16H,2-9,11,24-25H2,1H3,(H,28,29). The predicted octanol–water partition coefficient (Wildman–Crippen LogP) is 3.39. The molecule has 7 nitrogen and oxygen atoms in total. The Balaban J connectivity index is 1.58. The minimum atomic E-state index is -0.477. The van der Waals surface area contributed by atoms with Crippen LogP contribution < -0.4 is 16.8 Å². The fourth-order valence-corrected chi connectivity index (χ4v) is 4.49. The van der Waals surface area contributed by atoms with Gasteiger partial charge in [-0.15, -0.1) is 0 Å². The third-order valence-corrected chi connectivity index (χ3v) is 6.71. The van der Waals surface area contributed by atoms with Crippen LogP contribution in [0.15, 0.2) is 18.5 Å². The molecule has 4 rings (SSSR count). The first-order valence-corrected chi connectivity index (χ1v) is 11.2. The second kappa shape index (κ2) is 9.14. The highest BCUT2D eigenvalue weighted by atomic mass is 35.5. The monoisotopic (exact) mass is 430 g/mol. The molecular weight excluding hydrogens is 400 g/mol. The maximum atomic E-state index is 6.72. The van der Waals surface area contributed by atoms with Crippen molar-refractivity contribution in [3.05, 3.63) is 34.9 Å². The Bertz CT molecular complexity index is 878. The molecule has 0 unspecified atom stereocenters. The molecule has 8 heteroatoms. The van der Waals surface area contributed by atoms with Crippen LogP contribution in [0.4, 0.5) is 5.82 Å². The molecule has 0 spiro atoms. The van der Waals surface area contributed by atoms with E-state index in [0.717, 1.165) is 86.7 Å². The highest BCUT2D eigenvalue weighted by Crippen LogP contribution is 2.37. The predicted molar refractivity (Wildman–Crippen MR) is 119 cm³/mol. The van der Waals surface area contributed by atoms with Crippen molar-refractivity contribution in [3.8, 4) is 11.3 Å². The van der Waals surface area contributed by atoms with Crippen molar-refractivity contribution in [2.24, 2.45) is 17.4 Å². The Labute approximate surface area is 183 Å². The van der Waals surface area contributed by atoms with Gasteiger partial charge in [0.15, 0.2) is 0 Å². The van der Waals surface area contributed by atoms with Crippen molar-refractivity contribution in [2.45, 2.75) is 57.0 Å². The smallest absolute Gasteiger partial charge is 0.145 e. The lowest BCUT2D eigenvalue weighted by Gasteiger charge is -2.35. The summed E-state index contributed by atoms with van der Waals surface area (Å²) < 4.78 is 5.44. The van der Waals surface area contributed by atoms with E-state index in [2.05, 4.69) is 15.3 Å². The van der Waals surface area contributed by atoms with Crippen LogP contribution in [0.25, 0.3) is 11.3 Å². The second-order valence-electron chi connectivity index (χ2n) is 8.67. The van der Waals surface area contributed by atoms with Gasteiger partial charge in [0.2, 0.25) is 0 Å². The first kappa shape index (κ1) is 21.4. The second-order valence-corrected chi connectivity index (χ2v) is 9.08. The van der Waals surface area contributed by atoms with Crippen molar-refractivity contribution >= 4 is 17.4 Å². The minimum Gasteiger partial charge on any atom is -0.381 e. The van der Waals surface area contributed by atoms with E-state index in [1.807, 2.05) is 13.0 Å². The fourth-order valence-electron chi connectivity index (χ4n) is 4.29. The number of nitrogens with two attached hydrogens (primary N) is 2. The Morgan fingerprint density at radius 2 is 1.90 bits per heavy atom. The molecule has 1 saturated heterocycles. The number of anilines is 1. The van der Waals surface area contributed by atoms with Gasteiger partial charge in [-0.3, -0.25) is 9.97 Å². The quantitative estimate of drug-likeness (QED) is 0.666. The van der Waals surface area contributed by atoms with Gasteiger partial charge in [0, 0.05) is 37.6 Å². The zero-order valence-corrected chi connectivity index (χ0v) is 18.3. The molecule has 0 aromatic carbocycles.